The fourth-order valence-electron chi connectivity index (χ4n) is 2.47. The fourth-order valence-corrected chi connectivity index (χ4v) is 2.47. The molecule has 3 heteroatoms. The van der Waals surface area contributed by atoms with Crippen LogP contribution >= 0.6 is 0 Å². The lowest BCUT2D eigenvalue weighted by Crippen LogP contribution is -2.37. The van der Waals surface area contributed by atoms with Crippen molar-refractivity contribution in [1.82, 2.24) is 5.32 Å². The third-order valence-electron chi connectivity index (χ3n) is 3.37. The van der Waals surface area contributed by atoms with Crippen LogP contribution in [0.5, 0.6) is 0 Å². The Morgan fingerprint density at radius 2 is 2.29 bits per heavy atom. The summed E-state index contributed by atoms with van der Waals surface area (Å²) in [6, 6.07) is 10.1. The van der Waals surface area contributed by atoms with Crippen LogP contribution in [0.4, 0.5) is 5.69 Å². The summed E-state index contributed by atoms with van der Waals surface area (Å²) in [7, 11) is 2.07. The molecule has 1 aromatic carbocycles. The van der Waals surface area contributed by atoms with Crippen LogP contribution in [0.25, 0.3) is 0 Å². The zero-order chi connectivity index (χ0) is 12.1. The van der Waals surface area contributed by atoms with Crippen LogP contribution in [-0.4, -0.2) is 26.7 Å². The van der Waals surface area contributed by atoms with Crippen LogP contribution in [0.15, 0.2) is 24.3 Å². The molecule has 0 aliphatic carbocycles. The maximum Gasteiger partial charge on any atom is 0.101 e. The summed E-state index contributed by atoms with van der Waals surface area (Å²) < 4.78 is 0. The Morgan fingerprint density at radius 1 is 1.47 bits per heavy atom. The first-order valence-electron chi connectivity index (χ1n) is 6.22. The Balaban J connectivity index is 2.03. The van der Waals surface area contributed by atoms with E-state index < -0.39 is 0 Å². The van der Waals surface area contributed by atoms with Gasteiger partial charge in [0.05, 0.1) is 11.3 Å². The number of hydrogen-bond donors (Lipinski definition) is 1. The number of hydrogen-bond acceptors (Lipinski definition) is 3. The lowest BCUT2D eigenvalue weighted by Gasteiger charge is -2.29. The summed E-state index contributed by atoms with van der Waals surface area (Å²) in [6.45, 7) is 3.26. The zero-order valence-corrected chi connectivity index (χ0v) is 10.3. The van der Waals surface area contributed by atoms with Crippen molar-refractivity contribution >= 4 is 5.69 Å². The second-order valence-corrected chi connectivity index (χ2v) is 4.72. The minimum atomic E-state index is 0.695. The van der Waals surface area contributed by atoms with Gasteiger partial charge in [0.2, 0.25) is 0 Å². The molecule has 1 aliphatic heterocycles. The average Bonchev–Trinajstić information content (AvgIpc) is 2.40. The average molecular weight is 229 g/mol. The van der Waals surface area contributed by atoms with Crippen molar-refractivity contribution in [3.05, 3.63) is 29.8 Å². The summed E-state index contributed by atoms with van der Waals surface area (Å²) >= 11 is 0. The van der Waals surface area contributed by atoms with E-state index in [1.165, 1.54) is 12.8 Å². The third kappa shape index (κ3) is 2.98. The van der Waals surface area contributed by atoms with Crippen molar-refractivity contribution in [2.75, 3.05) is 31.6 Å². The van der Waals surface area contributed by atoms with Gasteiger partial charge in [-0.25, -0.2) is 0 Å². The molecule has 0 bridgehead atoms. The summed E-state index contributed by atoms with van der Waals surface area (Å²) in [6.07, 6.45) is 2.55. The molecule has 90 valence electrons. The molecule has 1 heterocycles. The molecule has 1 atom stereocenters. The number of nitrogens with one attached hydrogen (secondary N) is 1. The fraction of sp³-hybridized carbons (Fsp3) is 0.500. The minimum Gasteiger partial charge on any atom is -0.373 e. The van der Waals surface area contributed by atoms with E-state index >= 15 is 0 Å². The Hall–Kier alpha value is -1.53. The first-order chi connectivity index (χ1) is 8.31. The number of nitrogens with zero attached hydrogens (tertiary/aromatic N) is 2. The SMILES string of the molecule is CN(CC1CCCNC1)c1ccccc1C#N. The van der Waals surface area contributed by atoms with Crippen molar-refractivity contribution in [2.24, 2.45) is 5.92 Å². The highest BCUT2D eigenvalue weighted by Crippen LogP contribution is 2.20. The highest BCUT2D eigenvalue weighted by Gasteiger charge is 2.16. The predicted molar refractivity (Wildman–Crippen MR) is 70.0 cm³/mol. The highest BCUT2D eigenvalue weighted by atomic mass is 15.1. The number of anilines is 1. The van der Waals surface area contributed by atoms with Gasteiger partial charge in [0.15, 0.2) is 0 Å². The van der Waals surface area contributed by atoms with Gasteiger partial charge in [0.25, 0.3) is 0 Å². The summed E-state index contributed by atoms with van der Waals surface area (Å²) in [5.41, 5.74) is 1.80. The zero-order valence-electron chi connectivity index (χ0n) is 10.3. The van der Waals surface area contributed by atoms with Gasteiger partial charge in [-0.05, 0) is 44.0 Å². The monoisotopic (exact) mass is 229 g/mol. The van der Waals surface area contributed by atoms with Crippen molar-refractivity contribution in [2.45, 2.75) is 12.8 Å². The van der Waals surface area contributed by atoms with E-state index in [1.807, 2.05) is 24.3 Å². The van der Waals surface area contributed by atoms with Gasteiger partial charge >= 0.3 is 0 Å². The van der Waals surface area contributed by atoms with Crippen LogP contribution < -0.4 is 10.2 Å². The Kier molecular flexibility index (Phi) is 4.00. The van der Waals surface area contributed by atoms with E-state index in [9.17, 15) is 0 Å². The molecule has 0 amide bonds. The van der Waals surface area contributed by atoms with Crippen LogP contribution in [0.3, 0.4) is 0 Å². The molecule has 3 nitrogen and oxygen atoms in total. The van der Waals surface area contributed by atoms with Crippen molar-refractivity contribution in [1.29, 1.82) is 5.26 Å². The van der Waals surface area contributed by atoms with Crippen LogP contribution in [0, 0.1) is 17.2 Å². The molecule has 2 rings (SSSR count). The van der Waals surface area contributed by atoms with E-state index in [2.05, 4.69) is 23.3 Å². The van der Waals surface area contributed by atoms with Gasteiger partial charge in [-0.3, -0.25) is 0 Å². The molecule has 0 aromatic heterocycles. The quantitative estimate of drug-likeness (QED) is 0.861. The van der Waals surface area contributed by atoms with Gasteiger partial charge in [0.1, 0.15) is 6.07 Å². The Morgan fingerprint density at radius 3 is 3.00 bits per heavy atom. The standard InChI is InChI=1S/C14H19N3/c1-17(11-12-5-4-8-16-10-12)14-7-3-2-6-13(14)9-15/h2-3,6-7,12,16H,4-5,8,10-11H2,1H3. The van der Waals surface area contributed by atoms with Gasteiger partial charge in [0, 0.05) is 13.6 Å². The van der Waals surface area contributed by atoms with Crippen LogP contribution in [-0.2, 0) is 0 Å². The molecule has 0 saturated carbocycles. The summed E-state index contributed by atoms with van der Waals surface area (Å²) in [4.78, 5) is 2.20. The second-order valence-electron chi connectivity index (χ2n) is 4.72. The molecule has 1 unspecified atom stereocenters. The van der Waals surface area contributed by atoms with E-state index in [1.54, 1.807) is 0 Å². The number of rotatable bonds is 3. The van der Waals surface area contributed by atoms with Crippen LogP contribution in [0.1, 0.15) is 18.4 Å². The smallest absolute Gasteiger partial charge is 0.101 e. The van der Waals surface area contributed by atoms with Crippen molar-refractivity contribution in [3.63, 3.8) is 0 Å². The Bertz CT molecular complexity index is 402. The van der Waals surface area contributed by atoms with E-state index in [4.69, 9.17) is 5.26 Å². The van der Waals surface area contributed by atoms with Crippen molar-refractivity contribution < 1.29 is 0 Å². The third-order valence-corrected chi connectivity index (χ3v) is 3.37. The topological polar surface area (TPSA) is 39.1 Å². The molecular formula is C14H19N3. The molecule has 1 N–H and O–H groups in total. The first kappa shape index (κ1) is 11.9. The van der Waals surface area contributed by atoms with Crippen molar-refractivity contribution in [3.8, 4) is 6.07 Å². The molecule has 1 aromatic rings. The van der Waals surface area contributed by atoms with E-state index in [0.717, 1.165) is 30.9 Å². The largest absolute Gasteiger partial charge is 0.373 e. The summed E-state index contributed by atoms with van der Waals surface area (Å²) in [5.74, 6) is 0.695. The van der Waals surface area contributed by atoms with Gasteiger partial charge in [-0.15, -0.1) is 0 Å². The van der Waals surface area contributed by atoms with Gasteiger partial charge in [-0.2, -0.15) is 5.26 Å². The lowest BCUT2D eigenvalue weighted by molar-refractivity contribution is 0.381. The van der Waals surface area contributed by atoms with E-state index in [-0.39, 0.29) is 0 Å². The molecule has 1 fully saturated rings. The molecule has 1 aliphatic rings. The number of piperidine rings is 1. The Labute approximate surface area is 103 Å². The maximum atomic E-state index is 9.08. The molecule has 1 saturated heterocycles. The molecular weight excluding hydrogens is 210 g/mol. The van der Waals surface area contributed by atoms with Crippen LogP contribution in [0.2, 0.25) is 0 Å². The molecule has 0 radical (unpaired) electrons. The van der Waals surface area contributed by atoms with Gasteiger partial charge < -0.3 is 10.2 Å². The maximum absolute atomic E-state index is 9.08. The number of nitriles is 1. The van der Waals surface area contributed by atoms with Gasteiger partial charge in [-0.1, -0.05) is 12.1 Å². The van der Waals surface area contributed by atoms with E-state index in [0.29, 0.717) is 5.92 Å². The number of para-hydroxylation sites is 1. The normalized spacial score (nSPS) is 19.6. The molecule has 0 spiro atoms. The highest BCUT2D eigenvalue weighted by molar-refractivity contribution is 5.58. The first-order valence-corrected chi connectivity index (χ1v) is 6.22. The minimum absolute atomic E-state index is 0.695. The predicted octanol–water partition coefficient (Wildman–Crippen LogP) is 1.99. The lowest BCUT2D eigenvalue weighted by atomic mass is 9.99. The number of benzene rings is 1. The second kappa shape index (κ2) is 5.70. The molecule has 17 heavy (non-hydrogen) atoms. The summed E-state index contributed by atoms with van der Waals surface area (Å²) in [5, 5.41) is 12.5.